The summed E-state index contributed by atoms with van der Waals surface area (Å²) in [4.78, 5) is 51.6. The Morgan fingerprint density at radius 3 is 1.24 bits per heavy atom. The number of rotatable bonds is 8. The first-order valence-corrected chi connectivity index (χ1v) is 14.8. The first-order chi connectivity index (χ1) is 19.4. The molecular weight excluding hydrogens is 677 g/mol. The van der Waals surface area contributed by atoms with Gasteiger partial charge in [0.25, 0.3) is 0 Å². The fourth-order valence-electron chi connectivity index (χ4n) is 4.21. The number of carbonyl (C=O) groups excluding carboxylic acids is 4. The molecule has 2 aromatic carbocycles. The van der Waals surface area contributed by atoms with Crippen LogP contribution in [0.4, 0.5) is 0 Å². The third kappa shape index (κ3) is 7.06. The highest BCUT2D eigenvalue weighted by Crippen LogP contribution is 2.52. The molecule has 2 aliphatic rings. The second-order valence-corrected chi connectivity index (χ2v) is 13.9. The van der Waals surface area contributed by atoms with Crippen molar-refractivity contribution in [2.24, 2.45) is 22.7 Å². The fourth-order valence-corrected chi connectivity index (χ4v) is 5.65. The van der Waals surface area contributed by atoms with Gasteiger partial charge in [0.05, 0.1) is 43.3 Å². The quantitative estimate of drug-likeness (QED) is 0.117. The maximum atomic E-state index is 12.9. The van der Waals surface area contributed by atoms with Crippen molar-refractivity contribution >= 4 is 93.5 Å². The third-order valence-electron chi connectivity index (χ3n) is 7.48. The van der Waals surface area contributed by atoms with Crippen molar-refractivity contribution in [1.29, 1.82) is 0 Å². The molecule has 0 radical (unpaired) electrons. The molecule has 0 bridgehead atoms. The summed E-state index contributed by atoms with van der Waals surface area (Å²) in [5.41, 5.74) is -0.899. The molecule has 0 saturated heterocycles. The molecule has 2 unspecified atom stereocenters. The zero-order valence-electron chi connectivity index (χ0n) is 22.7. The van der Waals surface area contributed by atoms with Crippen LogP contribution in [-0.2, 0) is 19.1 Å². The number of hydrogen-bond donors (Lipinski definition) is 0. The molecule has 0 aliphatic heterocycles. The minimum absolute atomic E-state index is 0.0146. The van der Waals surface area contributed by atoms with Gasteiger partial charge in [-0.25, -0.2) is 19.2 Å². The van der Waals surface area contributed by atoms with Gasteiger partial charge in [-0.3, -0.25) is 0 Å². The molecule has 226 valence electrons. The first kappa shape index (κ1) is 33.0. The molecule has 2 fully saturated rings. The van der Waals surface area contributed by atoms with Gasteiger partial charge in [0.2, 0.25) is 0 Å². The van der Waals surface area contributed by atoms with E-state index in [-0.39, 0.29) is 66.0 Å². The van der Waals surface area contributed by atoms with Gasteiger partial charge in [0.15, 0.2) is 11.5 Å². The predicted molar refractivity (Wildman–Crippen MR) is 159 cm³/mol. The lowest BCUT2D eigenvalue weighted by molar-refractivity contribution is -0.156. The van der Waals surface area contributed by atoms with Gasteiger partial charge in [0.1, 0.15) is 11.1 Å². The van der Waals surface area contributed by atoms with Crippen LogP contribution in [0.5, 0.6) is 11.5 Å². The molecule has 0 aromatic heterocycles. The van der Waals surface area contributed by atoms with E-state index in [1.165, 1.54) is 0 Å². The van der Waals surface area contributed by atoms with E-state index in [4.69, 9.17) is 88.6 Å². The van der Waals surface area contributed by atoms with Crippen LogP contribution in [0.3, 0.4) is 0 Å². The normalized spacial score (nSPS) is 19.5. The molecule has 0 spiro atoms. The van der Waals surface area contributed by atoms with Gasteiger partial charge in [-0.2, -0.15) is 0 Å². The average Bonchev–Trinajstić information content (AvgIpc) is 3.73. The Bertz CT molecular complexity index is 1390. The van der Waals surface area contributed by atoms with Crippen LogP contribution in [0.25, 0.3) is 0 Å². The molecule has 14 heteroatoms. The van der Waals surface area contributed by atoms with E-state index in [1.54, 1.807) is 0 Å². The summed E-state index contributed by atoms with van der Waals surface area (Å²) in [6.07, 6.45) is 1.70. The summed E-state index contributed by atoms with van der Waals surface area (Å²) in [5, 5.41) is -1.50. The van der Waals surface area contributed by atoms with Crippen molar-refractivity contribution in [2.45, 2.75) is 40.5 Å². The van der Waals surface area contributed by atoms with E-state index < -0.39 is 46.5 Å². The smallest absolute Gasteiger partial charge is 0.423 e. The van der Waals surface area contributed by atoms with Crippen LogP contribution in [-0.4, -0.2) is 37.1 Å². The highest BCUT2D eigenvalue weighted by Gasteiger charge is 2.47. The third-order valence-corrected chi connectivity index (χ3v) is 9.62. The van der Waals surface area contributed by atoms with Crippen LogP contribution in [0.15, 0.2) is 12.1 Å². The molecular formula is C28H24Cl6O8. The number of ether oxygens (including phenoxy) is 4. The molecule has 2 saturated carbocycles. The van der Waals surface area contributed by atoms with Crippen molar-refractivity contribution in [3.8, 4) is 11.5 Å². The lowest BCUT2D eigenvalue weighted by Crippen LogP contribution is -2.27. The number of hydrogen-bond acceptors (Lipinski definition) is 8. The lowest BCUT2D eigenvalue weighted by atomic mass is 10.1. The Labute approximate surface area is 271 Å². The Hall–Kier alpha value is -1.94. The highest BCUT2D eigenvalue weighted by molar-refractivity contribution is 6.47. The van der Waals surface area contributed by atoms with Crippen molar-refractivity contribution in [1.82, 2.24) is 0 Å². The van der Waals surface area contributed by atoms with Crippen molar-refractivity contribution in [3.63, 3.8) is 0 Å². The topological polar surface area (TPSA) is 105 Å². The molecule has 0 heterocycles. The van der Waals surface area contributed by atoms with Crippen LogP contribution in [0.1, 0.15) is 61.3 Å². The number of carbonyl (C=O) groups is 4. The zero-order valence-corrected chi connectivity index (χ0v) is 27.2. The van der Waals surface area contributed by atoms with Gasteiger partial charge in [-0.05, 0) is 47.6 Å². The fraction of sp³-hybridized carbons (Fsp3) is 0.429. The van der Waals surface area contributed by atoms with Gasteiger partial charge in [0, 0.05) is 0 Å². The zero-order chi connectivity index (χ0) is 31.3. The van der Waals surface area contributed by atoms with E-state index in [0.29, 0.717) is 0 Å². The molecule has 0 N–H and O–H groups in total. The lowest BCUT2D eigenvalue weighted by Gasteiger charge is -2.16. The minimum Gasteiger partial charge on any atom is -0.462 e. The number of benzene rings is 2. The molecule has 2 atom stereocenters. The van der Waals surface area contributed by atoms with E-state index in [1.807, 2.05) is 27.7 Å². The second-order valence-electron chi connectivity index (χ2n) is 11.5. The minimum atomic E-state index is -1.64. The van der Waals surface area contributed by atoms with Gasteiger partial charge in [-0.15, -0.1) is 0 Å². The standard InChI is InChI=1S/C28H24Cl6O8/c1-27(2)7-11(27)9-39-23(35)17-19(33)13(29)5-15(31)21(17)41-25(37)26(38)42-22-16(32)6-14(30)20(34)18(22)24(36)40-10-12-8-28(12,3)4/h5-6,11-12H,7-10H2,1-4H3. The average molecular weight is 701 g/mol. The van der Waals surface area contributed by atoms with Crippen LogP contribution in [0, 0.1) is 22.7 Å². The number of esters is 4. The van der Waals surface area contributed by atoms with Crippen molar-refractivity contribution < 1.29 is 38.1 Å². The highest BCUT2D eigenvalue weighted by atomic mass is 35.5. The molecule has 2 aromatic rings. The summed E-state index contributed by atoms with van der Waals surface area (Å²) in [7, 11) is 0. The van der Waals surface area contributed by atoms with Gasteiger partial charge in [-0.1, -0.05) is 97.3 Å². The predicted octanol–water partition coefficient (Wildman–Crippen LogP) is 8.52. The van der Waals surface area contributed by atoms with Gasteiger partial charge < -0.3 is 18.9 Å². The summed E-state index contributed by atoms with van der Waals surface area (Å²) in [6.45, 7) is 8.24. The Morgan fingerprint density at radius 1 is 0.643 bits per heavy atom. The number of halogens is 6. The van der Waals surface area contributed by atoms with Crippen molar-refractivity contribution in [3.05, 3.63) is 53.4 Å². The van der Waals surface area contributed by atoms with Crippen LogP contribution >= 0.6 is 69.6 Å². The summed E-state index contributed by atoms with van der Waals surface area (Å²) < 4.78 is 21.0. The van der Waals surface area contributed by atoms with E-state index in [2.05, 4.69) is 0 Å². The molecule has 0 amide bonds. The van der Waals surface area contributed by atoms with E-state index in [0.717, 1.165) is 25.0 Å². The SMILES string of the molecule is CC1(C)CC1COC(=O)c1c(Cl)c(Cl)cc(Cl)c1OC(=O)C(=O)Oc1c(Cl)cc(Cl)c(Cl)c1C(=O)OCC1CC1(C)C. The molecule has 4 rings (SSSR count). The Balaban J connectivity index is 1.55. The maximum absolute atomic E-state index is 12.9. The largest absolute Gasteiger partial charge is 0.462 e. The Morgan fingerprint density at radius 2 is 0.952 bits per heavy atom. The van der Waals surface area contributed by atoms with E-state index >= 15 is 0 Å². The summed E-state index contributed by atoms with van der Waals surface area (Å²) >= 11 is 37.0. The summed E-state index contributed by atoms with van der Waals surface area (Å²) in [6, 6.07) is 2.23. The molecule has 8 nitrogen and oxygen atoms in total. The first-order valence-electron chi connectivity index (χ1n) is 12.6. The maximum Gasteiger partial charge on any atom is 0.423 e. The van der Waals surface area contributed by atoms with Gasteiger partial charge >= 0.3 is 23.9 Å². The van der Waals surface area contributed by atoms with E-state index in [9.17, 15) is 19.2 Å². The monoisotopic (exact) mass is 698 g/mol. The summed E-state index contributed by atoms with van der Waals surface area (Å²) in [5.74, 6) is -6.14. The molecule has 42 heavy (non-hydrogen) atoms. The Kier molecular flexibility index (Phi) is 9.59. The van der Waals surface area contributed by atoms with Crippen LogP contribution < -0.4 is 9.47 Å². The van der Waals surface area contributed by atoms with Crippen molar-refractivity contribution in [2.75, 3.05) is 13.2 Å². The molecule has 2 aliphatic carbocycles. The second kappa shape index (κ2) is 12.2. The van der Waals surface area contributed by atoms with Crippen LogP contribution in [0.2, 0.25) is 30.1 Å².